The number of rotatable bonds is 1. The fourth-order valence-corrected chi connectivity index (χ4v) is 6.16. The van der Waals surface area contributed by atoms with Crippen molar-refractivity contribution in [2.75, 3.05) is 18.3 Å². The molecule has 6 rings (SSSR count). The number of halogens is 2. The van der Waals surface area contributed by atoms with Crippen molar-refractivity contribution in [1.82, 2.24) is 9.58 Å². The van der Waals surface area contributed by atoms with Crippen LogP contribution in [0, 0.1) is 18.6 Å². The summed E-state index contributed by atoms with van der Waals surface area (Å²) < 4.78 is 36.8. The van der Waals surface area contributed by atoms with Gasteiger partial charge in [-0.3, -0.25) is 19.3 Å². The van der Waals surface area contributed by atoms with Gasteiger partial charge in [0.15, 0.2) is 23.0 Å². The molecule has 36 heavy (non-hydrogen) atoms. The summed E-state index contributed by atoms with van der Waals surface area (Å²) in [6.07, 6.45) is 7.30. The van der Waals surface area contributed by atoms with E-state index in [2.05, 4.69) is 0 Å². The SMILES string of the molecule is Cc1sccc1C1c2ccc(F)c(F)c2OC/C=C/C2(CCC2)N2CN1n1ccc(=O)c(O)c1C2=O. The number of pyridine rings is 1. The number of nitrogens with zero attached hydrogens (tertiary/aromatic N) is 3. The first-order valence-electron chi connectivity index (χ1n) is 11.7. The molecular weight excluding hydrogens is 488 g/mol. The van der Waals surface area contributed by atoms with Crippen LogP contribution < -0.4 is 15.2 Å². The van der Waals surface area contributed by atoms with Gasteiger partial charge >= 0.3 is 0 Å². The molecule has 1 aromatic carbocycles. The van der Waals surface area contributed by atoms with E-state index in [9.17, 15) is 19.1 Å². The minimum absolute atomic E-state index is 0.0114. The normalized spacial score (nSPS) is 21.2. The first-order valence-corrected chi connectivity index (χ1v) is 12.6. The standard InChI is InChI=1S/C26H23F2N3O4S/c1-15-16(7-13-36-15)21-17-4-5-18(27)20(28)24(17)35-12-3-10-26(8-2-9-26)29-14-31(21)30-11-6-19(32)23(33)22(30)25(29)34/h3-7,10-11,13,21,33H,2,8-9,12,14H2,1H3/b10-3+. The van der Waals surface area contributed by atoms with Crippen molar-refractivity contribution in [3.8, 4) is 11.5 Å². The largest absolute Gasteiger partial charge is 0.502 e. The number of thiophene rings is 1. The van der Waals surface area contributed by atoms with Crippen LogP contribution in [0.5, 0.6) is 11.5 Å². The Morgan fingerprint density at radius 2 is 1.94 bits per heavy atom. The summed E-state index contributed by atoms with van der Waals surface area (Å²) in [5.74, 6) is -3.44. The van der Waals surface area contributed by atoms with Crippen molar-refractivity contribution in [2.24, 2.45) is 0 Å². The van der Waals surface area contributed by atoms with Crippen LogP contribution in [0.3, 0.4) is 0 Å². The summed E-state index contributed by atoms with van der Waals surface area (Å²) in [6.45, 7) is 2.01. The molecule has 1 aliphatic carbocycles. The second-order valence-electron chi connectivity index (χ2n) is 9.32. The van der Waals surface area contributed by atoms with Gasteiger partial charge in [-0.1, -0.05) is 6.08 Å². The quantitative estimate of drug-likeness (QED) is 0.496. The van der Waals surface area contributed by atoms with E-state index in [0.29, 0.717) is 18.4 Å². The summed E-state index contributed by atoms with van der Waals surface area (Å²) >= 11 is 1.50. The Morgan fingerprint density at radius 1 is 1.14 bits per heavy atom. The Labute approximate surface area is 209 Å². The molecule has 1 atom stereocenters. The van der Waals surface area contributed by atoms with Gasteiger partial charge in [0.25, 0.3) is 5.91 Å². The van der Waals surface area contributed by atoms with Crippen molar-refractivity contribution in [3.05, 3.63) is 91.6 Å². The number of carbonyl (C=O) groups excluding carboxylic acids is 1. The van der Waals surface area contributed by atoms with Gasteiger partial charge < -0.3 is 14.7 Å². The lowest BCUT2D eigenvalue weighted by Gasteiger charge is -2.53. The number of aryl methyl sites for hydroxylation is 1. The highest BCUT2D eigenvalue weighted by molar-refractivity contribution is 7.10. The van der Waals surface area contributed by atoms with Crippen LogP contribution in [-0.2, 0) is 0 Å². The Balaban J connectivity index is 1.68. The van der Waals surface area contributed by atoms with E-state index in [4.69, 9.17) is 4.74 Å². The smallest absolute Gasteiger partial charge is 0.278 e. The highest BCUT2D eigenvalue weighted by Crippen LogP contribution is 2.45. The maximum Gasteiger partial charge on any atom is 0.278 e. The van der Waals surface area contributed by atoms with E-state index >= 15 is 4.39 Å². The Hall–Kier alpha value is -3.66. The molecule has 1 unspecified atom stereocenters. The third-order valence-corrected chi connectivity index (χ3v) is 8.30. The van der Waals surface area contributed by atoms with Crippen molar-refractivity contribution in [1.29, 1.82) is 0 Å². The number of ether oxygens (including phenoxy) is 1. The first kappa shape index (κ1) is 22.8. The monoisotopic (exact) mass is 511 g/mol. The third kappa shape index (κ3) is 3.20. The van der Waals surface area contributed by atoms with Crippen LogP contribution in [0.4, 0.5) is 8.78 Å². The molecule has 0 saturated heterocycles. The number of benzene rings is 1. The fraction of sp³-hybridized carbons (Fsp3) is 0.308. The number of hydrogen-bond donors (Lipinski definition) is 1. The van der Waals surface area contributed by atoms with Crippen molar-refractivity contribution in [2.45, 2.75) is 37.8 Å². The van der Waals surface area contributed by atoms with Crippen LogP contribution in [0.2, 0.25) is 0 Å². The summed E-state index contributed by atoms with van der Waals surface area (Å²) in [4.78, 5) is 28.8. The van der Waals surface area contributed by atoms with Gasteiger partial charge in [0.2, 0.25) is 11.2 Å². The summed E-state index contributed by atoms with van der Waals surface area (Å²) in [5.41, 5.74) is -0.290. The average Bonchev–Trinajstić information content (AvgIpc) is 3.24. The number of amides is 1. The summed E-state index contributed by atoms with van der Waals surface area (Å²) in [5, 5.41) is 14.5. The number of aromatic nitrogens is 1. The average molecular weight is 512 g/mol. The molecule has 2 aromatic heterocycles. The van der Waals surface area contributed by atoms with Crippen molar-refractivity contribution < 1.29 is 23.4 Å². The van der Waals surface area contributed by atoms with Crippen molar-refractivity contribution in [3.63, 3.8) is 0 Å². The molecule has 4 heterocycles. The van der Waals surface area contributed by atoms with E-state index in [1.807, 2.05) is 24.4 Å². The minimum atomic E-state index is -1.09. The lowest BCUT2D eigenvalue weighted by Crippen LogP contribution is -2.64. The van der Waals surface area contributed by atoms with Crippen LogP contribution >= 0.6 is 11.3 Å². The molecule has 2 aliphatic heterocycles. The predicted octanol–water partition coefficient (Wildman–Crippen LogP) is 4.21. The van der Waals surface area contributed by atoms with E-state index in [0.717, 1.165) is 22.9 Å². The first-order chi connectivity index (χ1) is 17.3. The number of fused-ring (bicyclic) bond motifs is 6. The number of aromatic hydroxyl groups is 1. The van der Waals surface area contributed by atoms with Crippen LogP contribution in [0.1, 0.15) is 51.8 Å². The predicted molar refractivity (Wildman–Crippen MR) is 130 cm³/mol. The van der Waals surface area contributed by atoms with Gasteiger partial charge in [-0.05, 0) is 61.4 Å². The highest BCUT2D eigenvalue weighted by atomic mass is 32.1. The topological polar surface area (TPSA) is 75.0 Å². The van der Waals surface area contributed by atoms with Gasteiger partial charge in [0, 0.05) is 22.7 Å². The van der Waals surface area contributed by atoms with Gasteiger partial charge in [-0.25, -0.2) is 4.39 Å². The van der Waals surface area contributed by atoms with Gasteiger partial charge in [0.1, 0.15) is 19.3 Å². The molecule has 1 fully saturated rings. The lowest BCUT2D eigenvalue weighted by atomic mass is 9.74. The fourth-order valence-electron chi connectivity index (χ4n) is 5.43. The molecule has 7 nitrogen and oxygen atoms in total. The molecule has 10 heteroatoms. The highest BCUT2D eigenvalue weighted by Gasteiger charge is 2.49. The van der Waals surface area contributed by atoms with Crippen LogP contribution in [-0.4, -0.2) is 39.4 Å². The Kier molecular flexibility index (Phi) is 5.18. The maximum atomic E-state index is 15.2. The Bertz CT molecular complexity index is 1480. The van der Waals surface area contributed by atoms with Gasteiger partial charge in [-0.15, -0.1) is 11.3 Å². The zero-order chi connectivity index (χ0) is 25.2. The second kappa shape index (κ2) is 8.19. The molecule has 1 saturated carbocycles. The summed E-state index contributed by atoms with van der Waals surface area (Å²) in [6, 6.07) is 4.92. The van der Waals surface area contributed by atoms with E-state index < -0.39 is 40.3 Å². The van der Waals surface area contributed by atoms with Crippen LogP contribution in [0.15, 0.2) is 52.8 Å². The summed E-state index contributed by atoms with van der Waals surface area (Å²) in [7, 11) is 0. The third-order valence-electron chi connectivity index (χ3n) is 7.44. The lowest BCUT2D eigenvalue weighted by molar-refractivity contribution is 0.0255. The molecule has 3 aromatic rings. The molecule has 2 bridgehead atoms. The van der Waals surface area contributed by atoms with E-state index in [1.165, 1.54) is 34.3 Å². The maximum absolute atomic E-state index is 15.2. The zero-order valence-electron chi connectivity index (χ0n) is 19.4. The second-order valence-corrected chi connectivity index (χ2v) is 10.4. The molecule has 186 valence electrons. The van der Waals surface area contributed by atoms with Gasteiger partial charge in [0.05, 0.1) is 5.54 Å². The van der Waals surface area contributed by atoms with E-state index in [1.54, 1.807) is 16.0 Å². The number of carbonyl (C=O) groups is 1. The zero-order valence-corrected chi connectivity index (χ0v) is 20.2. The molecule has 3 aliphatic rings. The minimum Gasteiger partial charge on any atom is -0.502 e. The Morgan fingerprint density at radius 3 is 2.64 bits per heavy atom. The van der Waals surface area contributed by atoms with Crippen molar-refractivity contribution >= 4 is 17.2 Å². The van der Waals surface area contributed by atoms with E-state index in [-0.39, 0.29) is 24.7 Å². The molecular formula is C26H23F2N3O4S. The molecule has 1 N–H and O–H groups in total. The van der Waals surface area contributed by atoms with Crippen LogP contribution in [0.25, 0.3) is 0 Å². The molecule has 1 amide bonds. The number of hydrogen-bond acceptors (Lipinski definition) is 6. The molecule has 1 spiro atoms. The van der Waals surface area contributed by atoms with Gasteiger partial charge in [-0.2, -0.15) is 4.39 Å². The molecule has 0 radical (unpaired) electrons.